The first-order chi connectivity index (χ1) is 11.4. The van der Waals surface area contributed by atoms with Gasteiger partial charge in [-0.1, -0.05) is 11.6 Å². The molecular weight excluding hydrogens is 495 g/mol. The number of amides is 1. The molecule has 3 nitrogen and oxygen atoms in total. The highest BCUT2D eigenvalue weighted by Crippen LogP contribution is 2.46. The first-order valence-electron chi connectivity index (χ1n) is 6.69. The Labute approximate surface area is 162 Å². The molecule has 0 fully saturated rings. The third-order valence-corrected chi connectivity index (χ3v) is 5.51. The van der Waals surface area contributed by atoms with Gasteiger partial charge >= 0.3 is 6.18 Å². The Morgan fingerprint density at radius 1 is 1.24 bits per heavy atom. The van der Waals surface area contributed by atoms with Crippen molar-refractivity contribution in [2.75, 3.05) is 14.1 Å². The van der Waals surface area contributed by atoms with Crippen LogP contribution in [0.1, 0.15) is 16.1 Å². The van der Waals surface area contributed by atoms with Crippen LogP contribution in [0.25, 0.3) is 11.1 Å². The summed E-state index contributed by atoms with van der Waals surface area (Å²) in [5.41, 5.74) is -1.24. The average Bonchev–Trinajstić information content (AvgIpc) is 2.69. The molecule has 1 aromatic carbocycles. The fourth-order valence-corrected chi connectivity index (χ4v) is 4.29. The maximum atomic E-state index is 14.4. The molecule has 10 heteroatoms. The van der Waals surface area contributed by atoms with Crippen LogP contribution in [0, 0.1) is 5.82 Å². The van der Waals surface area contributed by atoms with E-state index in [1.54, 1.807) is 0 Å². The predicted molar refractivity (Wildman–Crippen MR) is 94.2 cm³/mol. The van der Waals surface area contributed by atoms with Gasteiger partial charge in [-0.3, -0.25) is 4.79 Å². The van der Waals surface area contributed by atoms with E-state index < -0.39 is 23.6 Å². The Hall–Kier alpha value is -1.06. The van der Waals surface area contributed by atoms with Crippen molar-refractivity contribution in [2.45, 2.75) is 6.18 Å². The molecule has 1 heterocycles. The van der Waals surface area contributed by atoms with Crippen LogP contribution in [0.2, 0.25) is 5.02 Å². The Morgan fingerprint density at radius 3 is 2.24 bits per heavy atom. The molecule has 0 unspecified atom stereocenters. The lowest BCUT2D eigenvalue weighted by atomic mass is 10.0. The van der Waals surface area contributed by atoms with Gasteiger partial charge in [0.1, 0.15) is 11.5 Å². The maximum Gasteiger partial charge on any atom is 0.432 e. The van der Waals surface area contributed by atoms with Crippen molar-refractivity contribution in [1.29, 1.82) is 0 Å². The van der Waals surface area contributed by atoms with Gasteiger partial charge in [-0.2, -0.15) is 13.2 Å². The molecule has 25 heavy (non-hydrogen) atoms. The highest BCUT2D eigenvalue weighted by Gasteiger charge is 2.39. The van der Waals surface area contributed by atoms with E-state index in [9.17, 15) is 22.4 Å². The van der Waals surface area contributed by atoms with Crippen LogP contribution in [0.5, 0.6) is 0 Å². The van der Waals surface area contributed by atoms with E-state index in [0.717, 1.165) is 16.7 Å². The zero-order chi connectivity index (χ0) is 19.3. The number of hydrogen-bond donors (Lipinski definition) is 0. The first kappa shape index (κ1) is 20.3. The molecule has 0 radical (unpaired) electrons. The molecule has 2 aromatic rings. The highest BCUT2D eigenvalue weighted by molar-refractivity contribution is 9.11. The molecule has 1 amide bonds. The van der Waals surface area contributed by atoms with Gasteiger partial charge in [-0.15, -0.1) is 0 Å². The molecule has 0 atom stereocenters. The van der Waals surface area contributed by atoms with Crippen molar-refractivity contribution in [3.63, 3.8) is 0 Å². The van der Waals surface area contributed by atoms with E-state index in [2.05, 4.69) is 31.9 Å². The molecule has 0 aliphatic carbocycles. The second kappa shape index (κ2) is 6.92. The Morgan fingerprint density at radius 2 is 1.80 bits per heavy atom. The molecule has 0 saturated carbocycles. The molecule has 0 N–H and O–H groups in total. The standard InChI is InChI=1S/C15H11Br2ClF4N2O/c1-23(2)14(25)6-4-7(9(19)5-8(6)18)10-11(16)12(15(20,21)22)24(3)13(10)17/h4-5H,1-3H3. The summed E-state index contributed by atoms with van der Waals surface area (Å²) in [4.78, 5) is 13.4. The molecule has 0 aliphatic rings. The van der Waals surface area contributed by atoms with Crippen LogP contribution >= 0.6 is 43.5 Å². The fourth-order valence-electron chi connectivity index (χ4n) is 2.31. The van der Waals surface area contributed by atoms with Crippen LogP contribution in [-0.2, 0) is 13.2 Å². The van der Waals surface area contributed by atoms with Crippen molar-refractivity contribution in [1.82, 2.24) is 9.47 Å². The minimum atomic E-state index is -4.65. The van der Waals surface area contributed by atoms with Crippen molar-refractivity contribution >= 4 is 49.4 Å². The smallest absolute Gasteiger partial charge is 0.345 e. The predicted octanol–water partition coefficient (Wildman–Crippen LogP) is 5.73. The van der Waals surface area contributed by atoms with E-state index in [-0.39, 0.29) is 30.8 Å². The van der Waals surface area contributed by atoms with Gasteiger partial charge in [0.05, 0.1) is 19.7 Å². The number of hydrogen-bond acceptors (Lipinski definition) is 1. The summed E-state index contributed by atoms with van der Waals surface area (Å²) < 4.78 is 54.7. The number of aromatic nitrogens is 1. The second-order valence-corrected chi connectivity index (χ2v) is 7.35. The van der Waals surface area contributed by atoms with Crippen molar-refractivity contribution in [2.24, 2.45) is 7.05 Å². The zero-order valence-electron chi connectivity index (χ0n) is 13.1. The van der Waals surface area contributed by atoms with E-state index in [1.165, 1.54) is 26.0 Å². The normalized spacial score (nSPS) is 11.8. The minimum Gasteiger partial charge on any atom is -0.345 e. The van der Waals surface area contributed by atoms with Gasteiger partial charge in [0, 0.05) is 32.3 Å². The third kappa shape index (κ3) is 3.59. The van der Waals surface area contributed by atoms with Crippen LogP contribution in [0.4, 0.5) is 17.6 Å². The molecule has 0 saturated heterocycles. The summed E-state index contributed by atoms with van der Waals surface area (Å²) in [6.07, 6.45) is -4.65. The monoisotopic (exact) mass is 504 g/mol. The highest BCUT2D eigenvalue weighted by atomic mass is 79.9. The lowest BCUT2D eigenvalue weighted by Crippen LogP contribution is -2.22. The van der Waals surface area contributed by atoms with Crippen LogP contribution in [-0.4, -0.2) is 29.5 Å². The van der Waals surface area contributed by atoms with Crippen molar-refractivity contribution < 1.29 is 22.4 Å². The van der Waals surface area contributed by atoms with Gasteiger partial charge in [0.2, 0.25) is 0 Å². The van der Waals surface area contributed by atoms with E-state index in [4.69, 9.17) is 11.6 Å². The molecule has 136 valence electrons. The van der Waals surface area contributed by atoms with Crippen LogP contribution in [0.15, 0.2) is 21.2 Å². The Bertz CT molecular complexity index is 862. The number of carbonyl (C=O) groups excluding carboxylic acids is 1. The summed E-state index contributed by atoms with van der Waals surface area (Å²) in [6, 6.07) is 2.05. The summed E-state index contributed by atoms with van der Waals surface area (Å²) in [6.45, 7) is 0. The average molecular weight is 507 g/mol. The topological polar surface area (TPSA) is 25.2 Å². The number of alkyl halides is 3. The molecule has 0 aliphatic heterocycles. The number of rotatable bonds is 2. The van der Waals surface area contributed by atoms with E-state index in [0.29, 0.717) is 0 Å². The molecule has 1 aromatic heterocycles. The first-order valence-corrected chi connectivity index (χ1v) is 8.66. The Kier molecular flexibility index (Phi) is 5.61. The summed E-state index contributed by atoms with van der Waals surface area (Å²) in [7, 11) is 4.16. The number of benzene rings is 1. The molecular formula is C15H11Br2ClF4N2O. The lowest BCUT2D eigenvalue weighted by Gasteiger charge is -2.14. The molecule has 2 rings (SSSR count). The van der Waals surface area contributed by atoms with Gasteiger partial charge in [-0.25, -0.2) is 4.39 Å². The quantitative estimate of drug-likeness (QED) is 0.478. The van der Waals surface area contributed by atoms with Gasteiger partial charge in [0.15, 0.2) is 0 Å². The lowest BCUT2D eigenvalue weighted by molar-refractivity contribution is -0.143. The van der Waals surface area contributed by atoms with Crippen LogP contribution in [0.3, 0.4) is 0 Å². The number of halogens is 7. The van der Waals surface area contributed by atoms with Gasteiger partial charge in [-0.05, 0) is 44.0 Å². The third-order valence-electron chi connectivity index (χ3n) is 3.49. The van der Waals surface area contributed by atoms with Gasteiger partial charge < -0.3 is 9.47 Å². The summed E-state index contributed by atoms with van der Waals surface area (Å²) in [5, 5.41) is -0.126. The summed E-state index contributed by atoms with van der Waals surface area (Å²) >= 11 is 11.9. The van der Waals surface area contributed by atoms with Crippen molar-refractivity contribution in [3.05, 3.63) is 43.3 Å². The van der Waals surface area contributed by atoms with Crippen LogP contribution < -0.4 is 0 Å². The maximum absolute atomic E-state index is 14.4. The van der Waals surface area contributed by atoms with E-state index in [1.807, 2.05) is 0 Å². The SMILES string of the molecule is CN(C)C(=O)c1cc(-c2c(Br)c(C(F)(F)F)n(C)c2Br)c(F)cc1Cl. The number of nitrogens with zero attached hydrogens (tertiary/aromatic N) is 2. The second-order valence-electron chi connectivity index (χ2n) is 5.40. The minimum absolute atomic E-state index is 0.0103. The number of carbonyl (C=O) groups is 1. The molecule has 0 spiro atoms. The zero-order valence-corrected chi connectivity index (χ0v) is 17.0. The van der Waals surface area contributed by atoms with Gasteiger partial charge in [0.25, 0.3) is 5.91 Å². The largest absolute Gasteiger partial charge is 0.432 e. The van der Waals surface area contributed by atoms with E-state index >= 15 is 0 Å². The molecule has 0 bridgehead atoms. The Balaban J connectivity index is 2.80. The van der Waals surface area contributed by atoms with Crippen molar-refractivity contribution in [3.8, 4) is 11.1 Å². The summed E-state index contributed by atoms with van der Waals surface area (Å²) in [5.74, 6) is -1.34. The fraction of sp³-hybridized carbons (Fsp3) is 0.267.